The second-order valence-electron chi connectivity index (χ2n) is 18.6. The zero-order chi connectivity index (χ0) is 34.8. The van der Waals surface area contributed by atoms with Crippen molar-refractivity contribution in [3.63, 3.8) is 0 Å². The maximum absolute atomic E-state index is 11.6. The molecule has 5 aliphatic carbocycles. The summed E-state index contributed by atoms with van der Waals surface area (Å²) in [7, 11) is 0. The van der Waals surface area contributed by atoms with E-state index in [-0.39, 0.29) is 16.2 Å². The van der Waals surface area contributed by atoms with Crippen LogP contribution in [0.15, 0.2) is 42.5 Å². The number of nitrogens with one attached hydrogen (secondary N) is 1. The van der Waals surface area contributed by atoms with Crippen molar-refractivity contribution < 1.29 is 19.5 Å². The number of ether oxygens (including phenoxy) is 1. The number of rotatable bonds is 9. The second kappa shape index (κ2) is 12.9. The van der Waals surface area contributed by atoms with Gasteiger partial charge in [-0.2, -0.15) is 0 Å². The van der Waals surface area contributed by atoms with Crippen LogP contribution >= 0.6 is 0 Å². The number of carbonyl (C=O) groups is 1. The van der Waals surface area contributed by atoms with Crippen molar-refractivity contribution in [3.8, 4) is 0 Å². The number of allylic oxidation sites excluding steroid dienone is 3. The van der Waals surface area contributed by atoms with Crippen LogP contribution in [0.2, 0.25) is 0 Å². The zero-order valence-electron chi connectivity index (χ0n) is 31.4. The first-order chi connectivity index (χ1) is 23.3. The quantitative estimate of drug-likeness (QED) is 0.155. The Hall–Kier alpha value is -1.99. The Morgan fingerprint density at radius 1 is 0.959 bits per heavy atom. The molecule has 0 spiro atoms. The van der Waals surface area contributed by atoms with Gasteiger partial charge in [0.15, 0.2) is 0 Å². The molecule has 1 aliphatic heterocycles. The van der Waals surface area contributed by atoms with Crippen molar-refractivity contribution in [2.45, 2.75) is 99.3 Å². The number of hydrogen-bond donors (Lipinski definition) is 2. The van der Waals surface area contributed by atoms with Gasteiger partial charge in [-0.25, -0.2) is 10.3 Å². The molecule has 1 aromatic rings. The maximum atomic E-state index is 11.6. The summed E-state index contributed by atoms with van der Waals surface area (Å²) in [6, 6.07) is 7.63. The van der Waals surface area contributed by atoms with E-state index >= 15 is 0 Å². The first-order valence-corrected chi connectivity index (χ1v) is 19.6. The summed E-state index contributed by atoms with van der Waals surface area (Å²) in [6.45, 7) is 26.4. The van der Waals surface area contributed by atoms with Crippen molar-refractivity contribution in [2.75, 3.05) is 46.0 Å². The van der Waals surface area contributed by atoms with Crippen LogP contribution in [0.4, 0.5) is 0 Å². The molecule has 4 unspecified atom stereocenters. The number of hydroxylamine groups is 1. The second-order valence-corrected chi connectivity index (χ2v) is 18.6. The summed E-state index contributed by atoms with van der Waals surface area (Å²) in [6.07, 6.45) is 14.0. The Morgan fingerprint density at radius 2 is 1.69 bits per heavy atom. The van der Waals surface area contributed by atoms with Crippen molar-refractivity contribution in [1.82, 2.24) is 10.4 Å². The third-order valence-electron chi connectivity index (χ3n) is 16.4. The lowest BCUT2D eigenvalue weighted by Gasteiger charge is -2.72. The van der Waals surface area contributed by atoms with Gasteiger partial charge < -0.3 is 14.7 Å². The molecule has 49 heavy (non-hydrogen) atoms. The van der Waals surface area contributed by atoms with Gasteiger partial charge in [0.05, 0.1) is 25.4 Å². The van der Waals surface area contributed by atoms with Gasteiger partial charge in [-0.3, -0.25) is 4.90 Å². The predicted molar refractivity (Wildman–Crippen MR) is 197 cm³/mol. The van der Waals surface area contributed by atoms with Crippen molar-refractivity contribution >= 4 is 11.5 Å². The molecule has 6 heteroatoms. The van der Waals surface area contributed by atoms with Crippen molar-refractivity contribution in [2.24, 2.45) is 56.7 Å². The van der Waals surface area contributed by atoms with Crippen molar-refractivity contribution in [1.29, 1.82) is 0 Å². The maximum Gasteiger partial charge on any atom is 0.335 e. The highest BCUT2D eigenvalue weighted by Gasteiger charge is 2.70. The van der Waals surface area contributed by atoms with Gasteiger partial charge in [0, 0.05) is 26.2 Å². The summed E-state index contributed by atoms with van der Waals surface area (Å²) in [5.74, 6) is 2.39. The molecule has 1 heterocycles. The molecule has 0 aromatic heterocycles. The Balaban J connectivity index is 1.12. The van der Waals surface area contributed by atoms with Crippen LogP contribution in [0.25, 0.3) is 5.57 Å². The molecule has 2 N–H and O–H groups in total. The molecule has 1 saturated heterocycles. The monoisotopic (exact) mass is 672 g/mol. The predicted octanol–water partition coefficient (Wildman–Crippen LogP) is 8.89. The normalized spacial score (nSPS) is 41.5. The van der Waals surface area contributed by atoms with Crippen LogP contribution in [0.1, 0.15) is 115 Å². The average molecular weight is 673 g/mol. The molecule has 4 saturated carbocycles. The van der Waals surface area contributed by atoms with Gasteiger partial charge in [0.25, 0.3) is 0 Å². The van der Waals surface area contributed by atoms with E-state index < -0.39 is 5.97 Å². The van der Waals surface area contributed by atoms with Crippen LogP contribution in [-0.4, -0.2) is 62.0 Å². The largest absolute Gasteiger partial charge is 0.478 e. The summed E-state index contributed by atoms with van der Waals surface area (Å²) in [5, 5.41) is 9.49. The lowest BCUT2D eigenvalue weighted by Crippen LogP contribution is -2.65. The third-order valence-corrected chi connectivity index (χ3v) is 16.4. The topological polar surface area (TPSA) is 71.0 Å². The van der Waals surface area contributed by atoms with E-state index in [1.165, 1.54) is 68.1 Å². The number of carboxylic acid groups (broad SMARTS) is 1. The van der Waals surface area contributed by atoms with Gasteiger partial charge >= 0.3 is 5.97 Å². The van der Waals surface area contributed by atoms with Crippen LogP contribution in [-0.2, 0) is 9.57 Å². The minimum absolute atomic E-state index is 0.0289. The lowest BCUT2D eigenvalue weighted by atomic mass is 9.32. The number of nitrogens with zero attached hydrogens (tertiary/aromatic N) is 1. The molecule has 0 radical (unpaired) electrons. The lowest BCUT2D eigenvalue weighted by molar-refractivity contribution is -0.231. The number of hydrogen-bond acceptors (Lipinski definition) is 5. The van der Waals surface area contributed by atoms with Gasteiger partial charge in [-0.1, -0.05) is 65.0 Å². The van der Waals surface area contributed by atoms with Gasteiger partial charge in [-0.15, -0.1) is 0 Å². The highest BCUT2D eigenvalue weighted by atomic mass is 16.6. The van der Waals surface area contributed by atoms with Crippen LogP contribution in [0.5, 0.6) is 0 Å². The Labute approximate surface area is 296 Å². The standard InChI is InChI=1S/C43H64N2O4/c1-29(2)32-14-19-43(28-49-44-22-23-45-24-26-48-27-25-45)21-20-41(6)34(37(32)43)12-13-36-40(5)17-15-33(30-8-10-31(11-9-30)38(46)47)39(3,4)35(40)16-18-42(36,41)7/h8-11,15,32,34-37,44H,1,12-14,16-28H2,2-7H3,(H,46,47)/t32-,34?,35?,36?,37?,40-,41+,42+,43+/m0/s1. The molecular weight excluding hydrogens is 608 g/mol. The van der Waals surface area contributed by atoms with E-state index in [4.69, 9.17) is 9.57 Å². The van der Waals surface area contributed by atoms with Gasteiger partial charge in [0.2, 0.25) is 0 Å². The SMILES string of the molecule is C=C(C)[C@@H]1CC[C@]2(CONCCN3CCOCC3)CC[C@]3(C)C(CCC4[C@@]5(C)CC=C(c6ccc(C(=O)O)cc6)C(C)(C)C5CC[C@]43C)C12. The summed E-state index contributed by atoms with van der Waals surface area (Å²) in [4.78, 5) is 20.5. The third kappa shape index (κ3) is 5.61. The fourth-order valence-corrected chi connectivity index (χ4v) is 13.7. The number of benzene rings is 1. The number of carboxylic acids is 1. The van der Waals surface area contributed by atoms with E-state index in [9.17, 15) is 9.90 Å². The minimum atomic E-state index is -0.859. The first-order valence-electron chi connectivity index (χ1n) is 19.6. The van der Waals surface area contributed by atoms with Crippen LogP contribution in [0, 0.1) is 56.7 Å². The molecular formula is C43H64N2O4. The first kappa shape index (κ1) is 35.4. The zero-order valence-corrected chi connectivity index (χ0v) is 31.4. The Morgan fingerprint density at radius 3 is 2.39 bits per heavy atom. The molecule has 270 valence electrons. The van der Waals surface area contributed by atoms with E-state index in [2.05, 4.69) is 64.6 Å². The number of fused-ring (bicyclic) bond motifs is 7. The summed E-state index contributed by atoms with van der Waals surface area (Å²) >= 11 is 0. The molecule has 0 amide bonds. The van der Waals surface area contributed by atoms with Crippen molar-refractivity contribution in [3.05, 3.63) is 53.6 Å². The number of aromatic carboxylic acids is 1. The Bertz CT molecular complexity index is 1450. The fraction of sp³-hybridized carbons (Fsp3) is 0.744. The molecule has 6 nitrogen and oxygen atoms in total. The van der Waals surface area contributed by atoms with Crippen LogP contribution in [0.3, 0.4) is 0 Å². The minimum Gasteiger partial charge on any atom is -0.478 e. The van der Waals surface area contributed by atoms with E-state index in [0.717, 1.165) is 52.4 Å². The molecule has 9 atom stereocenters. The summed E-state index contributed by atoms with van der Waals surface area (Å²) in [5.41, 5.74) is 8.88. The molecule has 0 bridgehead atoms. The number of morpholine rings is 1. The molecule has 7 rings (SSSR count). The van der Waals surface area contributed by atoms with Gasteiger partial charge in [0.1, 0.15) is 0 Å². The molecule has 6 aliphatic rings. The summed E-state index contributed by atoms with van der Waals surface area (Å²) < 4.78 is 5.53. The van der Waals surface area contributed by atoms with Gasteiger partial charge in [-0.05, 0) is 145 Å². The Kier molecular flexibility index (Phi) is 9.32. The highest BCUT2D eigenvalue weighted by molar-refractivity contribution is 5.88. The molecule has 5 fully saturated rings. The fourth-order valence-electron chi connectivity index (χ4n) is 13.7. The highest BCUT2D eigenvalue weighted by Crippen LogP contribution is 2.77. The van der Waals surface area contributed by atoms with E-state index in [1.54, 1.807) is 12.1 Å². The molecule has 1 aromatic carbocycles. The smallest absolute Gasteiger partial charge is 0.335 e. The van der Waals surface area contributed by atoms with E-state index in [0.29, 0.717) is 46.0 Å². The van der Waals surface area contributed by atoms with E-state index in [1.807, 2.05) is 12.1 Å². The van der Waals surface area contributed by atoms with Crippen LogP contribution < -0.4 is 5.48 Å². The average Bonchev–Trinajstić information content (AvgIpc) is 3.45.